The second kappa shape index (κ2) is 11.2. The first-order valence-corrected chi connectivity index (χ1v) is 14.3. The zero-order valence-electron chi connectivity index (χ0n) is 20.6. The average Bonchev–Trinajstić information content (AvgIpc) is 2.90. The van der Waals surface area contributed by atoms with Gasteiger partial charge in [0.05, 0.1) is 45.4 Å². The number of rotatable bonds is 10. The molecule has 0 unspecified atom stereocenters. The monoisotopic (exact) mass is 558 g/mol. The second-order valence-corrected chi connectivity index (χ2v) is 11.8. The summed E-state index contributed by atoms with van der Waals surface area (Å²) in [6, 6.07) is 18.6. The molecule has 4 aromatic rings. The Balaban J connectivity index is 1.57. The number of aliphatic hydroxyl groups is 2. The minimum Gasteiger partial charge on any atom is -0.384 e. The lowest BCUT2D eigenvalue weighted by Gasteiger charge is -2.18. The van der Waals surface area contributed by atoms with Crippen LogP contribution in [-0.2, 0) is 28.6 Å². The van der Waals surface area contributed by atoms with Crippen molar-refractivity contribution >= 4 is 31.3 Å². The molecular formula is C26H26N2O8S2. The van der Waals surface area contributed by atoms with E-state index in [1.54, 1.807) is 48.5 Å². The Bertz CT molecular complexity index is 1520. The molecule has 0 amide bonds. The van der Waals surface area contributed by atoms with Crippen LogP contribution in [0.2, 0.25) is 0 Å². The largest absolute Gasteiger partial charge is 0.384 e. The van der Waals surface area contributed by atoms with Crippen LogP contribution in [0.1, 0.15) is 34.7 Å². The van der Waals surface area contributed by atoms with Gasteiger partial charge in [0.2, 0.25) is 0 Å². The number of fused-ring (bicyclic) bond motifs is 1. The minimum atomic E-state index is -4.19. The summed E-state index contributed by atoms with van der Waals surface area (Å²) < 4.78 is 60.4. The molecule has 0 bridgehead atoms. The summed E-state index contributed by atoms with van der Waals surface area (Å²) in [5, 5.41) is 21.7. The van der Waals surface area contributed by atoms with E-state index in [-0.39, 0.29) is 21.2 Å². The van der Waals surface area contributed by atoms with Crippen LogP contribution in [0.3, 0.4) is 0 Å². The third-order valence-electron chi connectivity index (χ3n) is 5.64. The maximum absolute atomic E-state index is 12.6. The van der Waals surface area contributed by atoms with E-state index in [4.69, 9.17) is 8.37 Å². The maximum Gasteiger partial charge on any atom is 0.297 e. The van der Waals surface area contributed by atoms with Crippen molar-refractivity contribution in [2.24, 2.45) is 0 Å². The highest BCUT2D eigenvalue weighted by molar-refractivity contribution is 7.87. The van der Waals surface area contributed by atoms with Gasteiger partial charge in [-0.05, 0) is 50.2 Å². The molecule has 38 heavy (non-hydrogen) atoms. The minimum absolute atomic E-state index is 0.0881. The first kappa shape index (κ1) is 27.8. The highest BCUT2D eigenvalue weighted by Crippen LogP contribution is 2.26. The van der Waals surface area contributed by atoms with Gasteiger partial charge in [0.25, 0.3) is 20.2 Å². The molecular weight excluding hydrogens is 532 g/mol. The Labute approximate surface area is 220 Å². The molecule has 0 saturated heterocycles. The van der Waals surface area contributed by atoms with Gasteiger partial charge in [-0.1, -0.05) is 47.5 Å². The molecule has 200 valence electrons. The Hall–Kier alpha value is -3.26. The van der Waals surface area contributed by atoms with Gasteiger partial charge in [-0.3, -0.25) is 8.37 Å². The number of hydrogen-bond donors (Lipinski definition) is 2. The third kappa shape index (κ3) is 6.41. The summed E-state index contributed by atoms with van der Waals surface area (Å²) in [7, 11) is -8.39. The third-order valence-corrected chi connectivity index (χ3v) is 8.23. The zero-order chi connectivity index (χ0) is 27.5. The summed E-state index contributed by atoms with van der Waals surface area (Å²) in [4.78, 5) is 8.51. The summed E-state index contributed by atoms with van der Waals surface area (Å²) in [6.07, 6.45) is -3.24. The van der Waals surface area contributed by atoms with Crippen LogP contribution in [0, 0.1) is 13.8 Å². The molecule has 0 aliphatic rings. The summed E-state index contributed by atoms with van der Waals surface area (Å²) >= 11 is 0. The summed E-state index contributed by atoms with van der Waals surface area (Å²) in [5.74, 6) is 0. The van der Waals surface area contributed by atoms with Gasteiger partial charge in [-0.15, -0.1) is 0 Å². The Kier molecular flexibility index (Phi) is 8.21. The number of aryl methyl sites for hydroxylation is 2. The topological polar surface area (TPSA) is 153 Å². The molecule has 2 atom stereocenters. The lowest BCUT2D eigenvalue weighted by molar-refractivity contribution is 0.0869. The molecule has 0 fully saturated rings. The van der Waals surface area contributed by atoms with Gasteiger partial charge in [0.1, 0.15) is 12.2 Å². The molecule has 4 rings (SSSR count). The zero-order valence-corrected chi connectivity index (χ0v) is 22.2. The predicted molar refractivity (Wildman–Crippen MR) is 138 cm³/mol. The van der Waals surface area contributed by atoms with Crippen molar-refractivity contribution in [2.75, 3.05) is 13.2 Å². The first-order valence-electron chi connectivity index (χ1n) is 11.5. The fourth-order valence-electron chi connectivity index (χ4n) is 3.53. The van der Waals surface area contributed by atoms with Crippen molar-refractivity contribution < 1.29 is 35.4 Å². The van der Waals surface area contributed by atoms with Crippen LogP contribution in [0.5, 0.6) is 0 Å². The number of para-hydroxylation sites is 2. The number of aliphatic hydroxyl groups excluding tert-OH is 2. The van der Waals surface area contributed by atoms with Gasteiger partial charge in [-0.25, -0.2) is 9.97 Å². The molecule has 0 radical (unpaired) electrons. The summed E-state index contributed by atoms with van der Waals surface area (Å²) in [6.45, 7) is 2.18. The van der Waals surface area contributed by atoms with Crippen LogP contribution in [0.4, 0.5) is 0 Å². The van der Waals surface area contributed by atoms with E-state index in [9.17, 15) is 27.0 Å². The van der Waals surface area contributed by atoms with E-state index < -0.39 is 45.7 Å². The maximum atomic E-state index is 12.6. The van der Waals surface area contributed by atoms with Crippen molar-refractivity contribution in [1.82, 2.24) is 9.97 Å². The van der Waals surface area contributed by atoms with Crippen LogP contribution < -0.4 is 0 Å². The Morgan fingerprint density at radius 1 is 0.632 bits per heavy atom. The molecule has 0 saturated carbocycles. The lowest BCUT2D eigenvalue weighted by Crippen LogP contribution is -2.20. The van der Waals surface area contributed by atoms with Crippen LogP contribution >= 0.6 is 0 Å². The van der Waals surface area contributed by atoms with E-state index in [1.165, 1.54) is 24.3 Å². The van der Waals surface area contributed by atoms with Gasteiger partial charge >= 0.3 is 0 Å². The molecule has 0 spiro atoms. The van der Waals surface area contributed by atoms with Crippen molar-refractivity contribution in [2.45, 2.75) is 35.8 Å². The van der Waals surface area contributed by atoms with Gasteiger partial charge < -0.3 is 10.2 Å². The normalized spacial score (nSPS) is 13.9. The number of benzene rings is 3. The molecule has 0 aliphatic carbocycles. The fraction of sp³-hybridized carbons (Fsp3) is 0.231. The van der Waals surface area contributed by atoms with Gasteiger partial charge in [0, 0.05) is 0 Å². The molecule has 2 N–H and O–H groups in total. The van der Waals surface area contributed by atoms with Crippen molar-refractivity contribution in [3.63, 3.8) is 0 Å². The van der Waals surface area contributed by atoms with Crippen molar-refractivity contribution in [3.8, 4) is 0 Å². The van der Waals surface area contributed by atoms with Crippen molar-refractivity contribution in [3.05, 3.63) is 95.3 Å². The smallest absolute Gasteiger partial charge is 0.297 e. The van der Waals surface area contributed by atoms with E-state index in [2.05, 4.69) is 9.97 Å². The van der Waals surface area contributed by atoms with Gasteiger partial charge in [0.15, 0.2) is 0 Å². The average molecular weight is 559 g/mol. The lowest BCUT2D eigenvalue weighted by atomic mass is 10.1. The standard InChI is InChI=1S/C26H26N2O8S2/c1-17-7-11-19(12-8-17)37(31,32)35-15-23(29)25-26(28-22-6-4-3-5-21(22)27-25)24(30)16-36-38(33,34)20-13-9-18(2)10-14-20/h3-14,23-24,29-30H,15-16H2,1-2H3/t23-,24-/m1/s1. The van der Waals surface area contributed by atoms with Crippen LogP contribution in [0.25, 0.3) is 11.0 Å². The SMILES string of the molecule is Cc1ccc(S(=O)(=O)OC[C@@H](O)c2nc3ccccc3nc2[C@H](O)COS(=O)(=O)c2ccc(C)cc2)cc1. The molecule has 12 heteroatoms. The molecule has 3 aromatic carbocycles. The Morgan fingerprint density at radius 3 is 1.32 bits per heavy atom. The number of hydrogen-bond acceptors (Lipinski definition) is 10. The molecule has 10 nitrogen and oxygen atoms in total. The highest BCUT2D eigenvalue weighted by Gasteiger charge is 2.27. The highest BCUT2D eigenvalue weighted by atomic mass is 32.2. The second-order valence-electron chi connectivity index (χ2n) is 8.62. The van der Waals surface area contributed by atoms with Crippen LogP contribution in [-0.4, -0.2) is 50.2 Å². The van der Waals surface area contributed by atoms with E-state index >= 15 is 0 Å². The summed E-state index contributed by atoms with van der Waals surface area (Å²) in [5.41, 5.74) is 2.11. The number of nitrogens with zero attached hydrogens (tertiary/aromatic N) is 2. The Morgan fingerprint density at radius 2 is 0.974 bits per heavy atom. The molecule has 0 aliphatic heterocycles. The van der Waals surface area contributed by atoms with Crippen molar-refractivity contribution in [1.29, 1.82) is 0 Å². The van der Waals surface area contributed by atoms with Gasteiger partial charge in [-0.2, -0.15) is 16.8 Å². The molecule has 1 aromatic heterocycles. The fourth-order valence-corrected chi connectivity index (χ4v) is 5.36. The predicted octanol–water partition coefficient (Wildman–Crippen LogP) is 3.12. The van der Waals surface area contributed by atoms with E-state index in [0.717, 1.165) is 11.1 Å². The van der Waals surface area contributed by atoms with E-state index in [0.29, 0.717) is 11.0 Å². The number of aromatic nitrogens is 2. The first-order chi connectivity index (χ1) is 18.0. The quantitative estimate of drug-likeness (QED) is 0.278. The van der Waals surface area contributed by atoms with E-state index in [1.807, 2.05) is 13.8 Å². The van der Waals surface area contributed by atoms with Crippen LogP contribution in [0.15, 0.2) is 82.6 Å². The molecule has 1 heterocycles.